The fraction of sp³-hybridized carbons (Fsp3) is 0.0556. The van der Waals surface area contributed by atoms with Crippen LogP contribution in [0.1, 0.15) is 15.2 Å². The fourth-order valence-electron chi connectivity index (χ4n) is 2.29. The highest BCUT2D eigenvalue weighted by Gasteiger charge is 2.14. The number of benzene rings is 2. The summed E-state index contributed by atoms with van der Waals surface area (Å²) in [6.45, 7) is 1.89. The first-order valence-corrected chi connectivity index (χ1v) is 8.22. The molecule has 0 saturated carbocycles. The summed E-state index contributed by atoms with van der Waals surface area (Å²) in [5, 5.41) is 4.86. The molecule has 2 aromatic carbocycles. The molecule has 2 nitrogen and oxygen atoms in total. The van der Waals surface area contributed by atoms with Gasteiger partial charge in [-0.2, -0.15) is 0 Å². The third-order valence-corrected chi connectivity index (χ3v) is 4.80. The summed E-state index contributed by atoms with van der Waals surface area (Å²) in [5.74, 6) is -0.654. The first kappa shape index (κ1) is 15.7. The molecule has 0 aliphatic heterocycles. The van der Waals surface area contributed by atoms with Gasteiger partial charge in [-0.05, 0) is 47.7 Å². The van der Waals surface area contributed by atoms with Crippen molar-refractivity contribution >= 4 is 34.5 Å². The van der Waals surface area contributed by atoms with E-state index in [1.54, 1.807) is 12.1 Å². The van der Waals surface area contributed by atoms with Crippen LogP contribution in [-0.4, -0.2) is 5.91 Å². The van der Waals surface area contributed by atoms with E-state index in [9.17, 15) is 9.18 Å². The number of thiophene rings is 1. The molecular formula is C18H13ClFNOS. The Bertz CT molecular complexity index is 875. The van der Waals surface area contributed by atoms with E-state index in [0.717, 1.165) is 11.1 Å². The second kappa shape index (κ2) is 6.52. The van der Waals surface area contributed by atoms with Crippen LogP contribution in [0.2, 0.25) is 5.02 Å². The Morgan fingerprint density at radius 2 is 1.96 bits per heavy atom. The number of halogens is 2. The summed E-state index contributed by atoms with van der Waals surface area (Å²) in [7, 11) is 0. The van der Waals surface area contributed by atoms with Gasteiger partial charge in [0, 0.05) is 11.3 Å². The molecule has 0 aliphatic rings. The molecule has 1 N–H and O–H groups in total. The number of nitrogens with one attached hydrogen (secondary N) is 1. The molecule has 1 aromatic heterocycles. The van der Waals surface area contributed by atoms with Crippen molar-refractivity contribution in [1.29, 1.82) is 0 Å². The maximum atomic E-state index is 13.7. The third-order valence-electron chi connectivity index (χ3n) is 3.47. The van der Waals surface area contributed by atoms with Gasteiger partial charge in [0.25, 0.3) is 5.91 Å². The fourth-order valence-corrected chi connectivity index (χ4v) is 3.23. The number of rotatable bonds is 3. The minimum Gasteiger partial charge on any atom is -0.321 e. The average molecular weight is 346 g/mol. The molecule has 0 bridgehead atoms. The van der Waals surface area contributed by atoms with Gasteiger partial charge in [0.2, 0.25) is 0 Å². The van der Waals surface area contributed by atoms with Crippen molar-refractivity contribution in [2.24, 2.45) is 0 Å². The molecule has 5 heteroatoms. The lowest BCUT2D eigenvalue weighted by Gasteiger charge is -2.11. The van der Waals surface area contributed by atoms with Crippen molar-refractivity contribution in [3.63, 3.8) is 0 Å². The van der Waals surface area contributed by atoms with Gasteiger partial charge in [-0.3, -0.25) is 4.79 Å². The molecule has 0 unspecified atom stereocenters. The molecule has 23 heavy (non-hydrogen) atoms. The number of aryl methyl sites for hydroxylation is 1. The Hall–Kier alpha value is -2.17. The van der Waals surface area contributed by atoms with E-state index in [0.29, 0.717) is 16.1 Å². The summed E-state index contributed by atoms with van der Waals surface area (Å²) in [6.07, 6.45) is 0. The van der Waals surface area contributed by atoms with Crippen LogP contribution in [0.4, 0.5) is 10.1 Å². The maximum absolute atomic E-state index is 13.7. The van der Waals surface area contributed by atoms with Crippen molar-refractivity contribution < 1.29 is 9.18 Å². The Morgan fingerprint density at radius 3 is 2.65 bits per heavy atom. The van der Waals surface area contributed by atoms with Crippen molar-refractivity contribution in [3.05, 3.63) is 75.2 Å². The van der Waals surface area contributed by atoms with Crippen LogP contribution in [0.5, 0.6) is 0 Å². The van der Waals surface area contributed by atoms with Gasteiger partial charge in [0.15, 0.2) is 0 Å². The molecule has 0 aliphatic carbocycles. The number of anilines is 1. The number of carbonyl (C=O) groups excluding carboxylic acids is 1. The monoisotopic (exact) mass is 345 g/mol. The number of hydrogen-bond donors (Lipinski definition) is 1. The minimum atomic E-state index is -0.487. The lowest BCUT2D eigenvalue weighted by Crippen LogP contribution is -2.12. The highest BCUT2D eigenvalue weighted by molar-refractivity contribution is 7.12. The highest BCUT2D eigenvalue weighted by Crippen LogP contribution is 2.31. The molecule has 116 valence electrons. The second-order valence-electron chi connectivity index (χ2n) is 5.06. The van der Waals surface area contributed by atoms with Gasteiger partial charge in [-0.15, -0.1) is 11.3 Å². The SMILES string of the molecule is Cc1ccsc1C(=O)Nc1ccccc1-c1ccc(Cl)c(F)c1. The van der Waals surface area contributed by atoms with E-state index in [1.807, 2.05) is 36.6 Å². The van der Waals surface area contributed by atoms with Gasteiger partial charge in [0.1, 0.15) is 5.82 Å². The minimum absolute atomic E-state index is 0.0736. The molecule has 1 amide bonds. The Balaban J connectivity index is 1.96. The van der Waals surface area contributed by atoms with E-state index in [2.05, 4.69) is 5.32 Å². The molecule has 1 heterocycles. The van der Waals surface area contributed by atoms with Crippen LogP contribution in [0.3, 0.4) is 0 Å². The van der Waals surface area contributed by atoms with Crippen molar-refractivity contribution in [1.82, 2.24) is 0 Å². The number of amides is 1. The van der Waals surface area contributed by atoms with Crippen LogP contribution in [0.15, 0.2) is 53.9 Å². The van der Waals surface area contributed by atoms with E-state index in [-0.39, 0.29) is 10.9 Å². The van der Waals surface area contributed by atoms with E-state index in [4.69, 9.17) is 11.6 Å². The number of carbonyl (C=O) groups is 1. The molecule has 3 rings (SSSR count). The van der Waals surface area contributed by atoms with Crippen LogP contribution in [0, 0.1) is 12.7 Å². The zero-order valence-electron chi connectivity index (χ0n) is 12.3. The van der Waals surface area contributed by atoms with Gasteiger partial charge < -0.3 is 5.32 Å². The average Bonchev–Trinajstić information content (AvgIpc) is 2.97. The lowest BCUT2D eigenvalue weighted by atomic mass is 10.0. The zero-order valence-corrected chi connectivity index (χ0v) is 13.8. The quantitative estimate of drug-likeness (QED) is 0.641. The molecule has 0 radical (unpaired) electrons. The second-order valence-corrected chi connectivity index (χ2v) is 6.38. The van der Waals surface area contributed by atoms with Gasteiger partial charge in [0.05, 0.1) is 9.90 Å². The lowest BCUT2D eigenvalue weighted by molar-refractivity contribution is 0.103. The first-order chi connectivity index (χ1) is 11.1. The van der Waals surface area contributed by atoms with Crippen LogP contribution < -0.4 is 5.32 Å². The smallest absolute Gasteiger partial charge is 0.266 e. The third kappa shape index (κ3) is 3.28. The molecule has 0 saturated heterocycles. The predicted octanol–water partition coefficient (Wildman–Crippen LogP) is 5.77. The first-order valence-electron chi connectivity index (χ1n) is 6.96. The largest absolute Gasteiger partial charge is 0.321 e. The normalized spacial score (nSPS) is 10.6. The topological polar surface area (TPSA) is 29.1 Å². The standard InChI is InChI=1S/C18H13ClFNOS/c1-11-8-9-23-17(11)18(22)21-16-5-3-2-4-13(16)12-6-7-14(19)15(20)10-12/h2-10H,1H3,(H,21,22). The Morgan fingerprint density at radius 1 is 1.17 bits per heavy atom. The highest BCUT2D eigenvalue weighted by atomic mass is 35.5. The van der Waals surface area contributed by atoms with Crippen LogP contribution in [0.25, 0.3) is 11.1 Å². The van der Waals surface area contributed by atoms with Gasteiger partial charge in [-0.25, -0.2) is 4.39 Å². The van der Waals surface area contributed by atoms with Crippen molar-refractivity contribution in [2.45, 2.75) is 6.92 Å². The molecular weight excluding hydrogens is 333 g/mol. The van der Waals surface area contributed by atoms with Crippen molar-refractivity contribution in [2.75, 3.05) is 5.32 Å². The predicted molar refractivity (Wildman–Crippen MR) is 93.9 cm³/mol. The maximum Gasteiger partial charge on any atom is 0.266 e. The molecule has 3 aromatic rings. The van der Waals surface area contributed by atoms with Crippen molar-refractivity contribution in [3.8, 4) is 11.1 Å². The number of hydrogen-bond acceptors (Lipinski definition) is 2. The molecule has 0 atom stereocenters. The Kier molecular flexibility index (Phi) is 4.46. The van der Waals surface area contributed by atoms with E-state index in [1.165, 1.54) is 23.5 Å². The summed E-state index contributed by atoms with van der Waals surface area (Å²) < 4.78 is 13.7. The Labute approximate surface area is 142 Å². The van der Waals surface area contributed by atoms with E-state index >= 15 is 0 Å². The van der Waals surface area contributed by atoms with Gasteiger partial charge >= 0.3 is 0 Å². The molecule has 0 fully saturated rings. The zero-order chi connectivity index (χ0) is 16.4. The number of para-hydroxylation sites is 1. The summed E-state index contributed by atoms with van der Waals surface area (Å²) >= 11 is 7.13. The summed E-state index contributed by atoms with van der Waals surface area (Å²) in [5.41, 5.74) is 2.96. The van der Waals surface area contributed by atoms with Crippen LogP contribution in [-0.2, 0) is 0 Å². The van der Waals surface area contributed by atoms with E-state index < -0.39 is 5.82 Å². The van der Waals surface area contributed by atoms with Crippen LogP contribution >= 0.6 is 22.9 Å². The molecule has 0 spiro atoms. The summed E-state index contributed by atoms with van der Waals surface area (Å²) in [4.78, 5) is 13.1. The van der Waals surface area contributed by atoms with Gasteiger partial charge in [-0.1, -0.05) is 35.9 Å². The summed E-state index contributed by atoms with van der Waals surface area (Å²) in [6, 6.07) is 13.8.